The standard InChI is InChI=1S/C9H8F3O2P/c10-9(11,12)14-7-3-1-6(2-4-7)8(13)5-15/h1-4H,5,15H2. The third-order valence-electron chi connectivity index (χ3n) is 1.60. The highest BCUT2D eigenvalue weighted by atomic mass is 31.0. The molecular formula is C9H8F3O2P. The molecule has 6 heteroatoms. The van der Waals surface area contributed by atoms with E-state index < -0.39 is 6.36 Å². The topological polar surface area (TPSA) is 26.3 Å². The van der Waals surface area contributed by atoms with E-state index in [9.17, 15) is 18.0 Å². The Bertz CT molecular complexity index is 345. The molecule has 15 heavy (non-hydrogen) atoms. The number of benzene rings is 1. The number of hydrogen-bond acceptors (Lipinski definition) is 2. The first-order valence-corrected chi connectivity index (χ1v) is 4.83. The van der Waals surface area contributed by atoms with Gasteiger partial charge in [0.2, 0.25) is 0 Å². The van der Waals surface area contributed by atoms with Gasteiger partial charge in [-0.3, -0.25) is 4.79 Å². The summed E-state index contributed by atoms with van der Waals surface area (Å²) in [5.41, 5.74) is 0.361. The van der Waals surface area contributed by atoms with Crippen molar-refractivity contribution in [2.24, 2.45) is 0 Å². The Morgan fingerprint density at radius 2 is 1.80 bits per heavy atom. The van der Waals surface area contributed by atoms with Crippen molar-refractivity contribution < 1.29 is 22.7 Å². The van der Waals surface area contributed by atoms with Crippen molar-refractivity contribution in [1.82, 2.24) is 0 Å². The number of ketones is 1. The predicted molar refractivity (Wildman–Crippen MR) is 52.0 cm³/mol. The first-order chi connectivity index (χ1) is 6.92. The minimum Gasteiger partial charge on any atom is -0.406 e. The fourth-order valence-electron chi connectivity index (χ4n) is 0.960. The van der Waals surface area contributed by atoms with E-state index in [0.29, 0.717) is 5.56 Å². The van der Waals surface area contributed by atoms with Gasteiger partial charge in [0.15, 0.2) is 5.78 Å². The van der Waals surface area contributed by atoms with Gasteiger partial charge in [-0.05, 0) is 24.3 Å². The fraction of sp³-hybridized carbons (Fsp3) is 0.222. The Morgan fingerprint density at radius 1 is 1.27 bits per heavy atom. The van der Waals surface area contributed by atoms with Gasteiger partial charge in [-0.2, -0.15) is 0 Å². The van der Waals surface area contributed by atoms with Gasteiger partial charge in [-0.1, -0.05) is 0 Å². The molecule has 1 aromatic carbocycles. The van der Waals surface area contributed by atoms with Gasteiger partial charge in [0.1, 0.15) is 5.75 Å². The molecule has 0 saturated heterocycles. The lowest BCUT2D eigenvalue weighted by Gasteiger charge is -2.08. The summed E-state index contributed by atoms with van der Waals surface area (Å²) in [5, 5.41) is 0. The van der Waals surface area contributed by atoms with Crippen LogP contribution in [0.25, 0.3) is 0 Å². The second-order valence-corrected chi connectivity index (χ2v) is 3.11. The van der Waals surface area contributed by atoms with Crippen molar-refractivity contribution in [3.63, 3.8) is 0 Å². The molecule has 0 aliphatic carbocycles. The molecule has 0 radical (unpaired) electrons. The highest BCUT2D eigenvalue weighted by Gasteiger charge is 2.30. The lowest BCUT2D eigenvalue weighted by atomic mass is 10.1. The average Bonchev–Trinajstić information content (AvgIpc) is 2.15. The van der Waals surface area contributed by atoms with Gasteiger partial charge in [-0.15, -0.1) is 22.4 Å². The van der Waals surface area contributed by atoms with Crippen LogP contribution in [-0.2, 0) is 0 Å². The molecular weight excluding hydrogens is 228 g/mol. The first-order valence-electron chi connectivity index (χ1n) is 4.01. The van der Waals surface area contributed by atoms with Crippen LogP contribution in [0.15, 0.2) is 24.3 Å². The molecule has 1 unspecified atom stereocenters. The van der Waals surface area contributed by atoms with E-state index in [1.54, 1.807) is 0 Å². The first kappa shape index (κ1) is 12.0. The Kier molecular flexibility index (Phi) is 3.69. The van der Waals surface area contributed by atoms with Gasteiger partial charge in [0.25, 0.3) is 0 Å². The molecule has 0 saturated carbocycles. The van der Waals surface area contributed by atoms with Gasteiger partial charge >= 0.3 is 6.36 Å². The van der Waals surface area contributed by atoms with Crippen LogP contribution in [0.4, 0.5) is 13.2 Å². The molecule has 0 spiro atoms. The Balaban J connectivity index is 2.77. The summed E-state index contributed by atoms with van der Waals surface area (Å²) in [6, 6.07) is 4.82. The van der Waals surface area contributed by atoms with Crippen LogP contribution in [0.2, 0.25) is 0 Å². The van der Waals surface area contributed by atoms with Crippen molar-refractivity contribution >= 4 is 15.0 Å². The second-order valence-electron chi connectivity index (χ2n) is 2.70. The number of ether oxygens (including phenoxy) is 1. The number of Topliss-reactive ketones (excluding diaryl/α,β-unsaturated/α-hetero) is 1. The Hall–Kier alpha value is -1.09. The second kappa shape index (κ2) is 4.62. The SMILES string of the molecule is O=C(CP)c1ccc(OC(F)(F)F)cc1. The lowest BCUT2D eigenvalue weighted by Crippen LogP contribution is -2.17. The minimum absolute atomic E-state index is 0.154. The third kappa shape index (κ3) is 3.88. The summed E-state index contributed by atoms with van der Waals surface area (Å²) in [4.78, 5) is 11.1. The maximum Gasteiger partial charge on any atom is 0.573 e. The van der Waals surface area contributed by atoms with Crippen molar-refractivity contribution in [1.29, 1.82) is 0 Å². The number of halogens is 3. The number of rotatable bonds is 3. The summed E-state index contributed by atoms with van der Waals surface area (Å²) >= 11 is 0. The highest BCUT2D eigenvalue weighted by Crippen LogP contribution is 2.22. The van der Waals surface area contributed by atoms with Crippen molar-refractivity contribution in [2.75, 3.05) is 6.16 Å². The summed E-state index contributed by atoms with van der Waals surface area (Å²) in [5.74, 6) is -0.485. The maximum atomic E-state index is 11.8. The molecule has 0 N–H and O–H groups in total. The van der Waals surface area contributed by atoms with Crippen LogP contribution in [-0.4, -0.2) is 18.3 Å². The van der Waals surface area contributed by atoms with Crippen molar-refractivity contribution in [3.05, 3.63) is 29.8 Å². The van der Waals surface area contributed by atoms with Gasteiger partial charge < -0.3 is 4.74 Å². The van der Waals surface area contributed by atoms with E-state index in [-0.39, 0.29) is 17.7 Å². The normalized spacial score (nSPS) is 11.2. The molecule has 0 aliphatic heterocycles. The molecule has 0 fully saturated rings. The smallest absolute Gasteiger partial charge is 0.406 e. The maximum absolute atomic E-state index is 11.8. The van der Waals surface area contributed by atoms with Crippen LogP contribution in [0.3, 0.4) is 0 Å². The minimum atomic E-state index is -4.70. The van der Waals surface area contributed by atoms with Crippen LogP contribution in [0.1, 0.15) is 10.4 Å². The Labute approximate surface area is 86.6 Å². The largest absolute Gasteiger partial charge is 0.573 e. The molecule has 1 atom stereocenters. The summed E-state index contributed by atoms with van der Waals surface area (Å²) in [7, 11) is 2.25. The third-order valence-corrected chi connectivity index (χ3v) is 1.97. The highest BCUT2D eigenvalue weighted by molar-refractivity contribution is 7.18. The zero-order valence-electron chi connectivity index (χ0n) is 7.54. The fourth-order valence-corrected chi connectivity index (χ4v) is 1.20. The molecule has 82 valence electrons. The molecule has 1 aromatic rings. The summed E-state index contributed by atoms with van der Waals surface area (Å²) in [6.07, 6.45) is -4.47. The molecule has 0 bridgehead atoms. The molecule has 2 nitrogen and oxygen atoms in total. The van der Waals surface area contributed by atoms with Crippen LogP contribution >= 0.6 is 9.24 Å². The summed E-state index contributed by atoms with van der Waals surface area (Å²) < 4.78 is 39.0. The van der Waals surface area contributed by atoms with E-state index >= 15 is 0 Å². The van der Waals surface area contributed by atoms with Crippen LogP contribution in [0, 0.1) is 0 Å². The van der Waals surface area contributed by atoms with Gasteiger partial charge in [-0.25, -0.2) is 0 Å². The predicted octanol–water partition coefficient (Wildman–Crippen LogP) is 2.64. The molecule has 0 amide bonds. The average molecular weight is 236 g/mol. The number of carbonyl (C=O) groups is 1. The molecule has 0 aliphatic rings. The van der Waals surface area contributed by atoms with E-state index in [0.717, 1.165) is 12.1 Å². The number of carbonyl (C=O) groups excluding carboxylic acids is 1. The van der Waals surface area contributed by atoms with Gasteiger partial charge in [0, 0.05) is 11.7 Å². The quantitative estimate of drug-likeness (QED) is 0.595. The van der Waals surface area contributed by atoms with E-state index in [2.05, 4.69) is 14.0 Å². The van der Waals surface area contributed by atoms with E-state index in [4.69, 9.17) is 0 Å². The zero-order chi connectivity index (χ0) is 11.5. The molecule has 0 aromatic heterocycles. The zero-order valence-corrected chi connectivity index (χ0v) is 8.70. The molecule has 1 rings (SSSR count). The van der Waals surface area contributed by atoms with E-state index in [1.165, 1.54) is 12.1 Å². The van der Waals surface area contributed by atoms with E-state index in [1.807, 2.05) is 0 Å². The molecule has 0 heterocycles. The summed E-state index contributed by atoms with van der Waals surface area (Å²) in [6.45, 7) is 0. The van der Waals surface area contributed by atoms with Crippen molar-refractivity contribution in [3.8, 4) is 5.75 Å². The van der Waals surface area contributed by atoms with Crippen molar-refractivity contribution in [2.45, 2.75) is 6.36 Å². The Morgan fingerprint density at radius 3 is 2.20 bits per heavy atom. The monoisotopic (exact) mass is 236 g/mol. The number of hydrogen-bond donors (Lipinski definition) is 0. The van der Waals surface area contributed by atoms with Gasteiger partial charge in [0.05, 0.1) is 0 Å². The lowest BCUT2D eigenvalue weighted by molar-refractivity contribution is -0.274. The van der Waals surface area contributed by atoms with Crippen LogP contribution in [0.5, 0.6) is 5.75 Å². The van der Waals surface area contributed by atoms with Crippen LogP contribution < -0.4 is 4.74 Å². The number of alkyl halides is 3.